The van der Waals surface area contributed by atoms with Gasteiger partial charge in [-0.25, -0.2) is 0 Å². The van der Waals surface area contributed by atoms with Crippen LogP contribution in [0.1, 0.15) is 0 Å². The molecule has 0 saturated carbocycles. The number of anilines is 1. The molecule has 2 nitrogen and oxygen atoms in total. The van der Waals surface area contributed by atoms with E-state index in [1.807, 2.05) is 13.1 Å². The number of H-pyrrole nitrogens is 1. The minimum atomic E-state index is 1.13. The molecule has 0 aliphatic heterocycles. The van der Waals surface area contributed by atoms with Gasteiger partial charge in [0.15, 0.2) is 0 Å². The Morgan fingerprint density at radius 2 is 1.71 bits per heavy atom. The third-order valence-corrected chi connectivity index (χ3v) is 3.01. The first-order valence-electron chi connectivity index (χ1n) is 5.73. The van der Waals surface area contributed by atoms with Crippen LogP contribution in [0.5, 0.6) is 0 Å². The molecule has 1 heterocycles. The summed E-state index contributed by atoms with van der Waals surface area (Å²) in [5, 5.41) is 4.37. The van der Waals surface area contributed by atoms with Crippen molar-refractivity contribution in [2.24, 2.45) is 0 Å². The zero-order chi connectivity index (χ0) is 11.7. The topological polar surface area (TPSA) is 27.8 Å². The fraction of sp³-hybridized carbons (Fsp3) is 0.0667. The Morgan fingerprint density at radius 3 is 2.41 bits per heavy atom. The summed E-state index contributed by atoms with van der Waals surface area (Å²) in [6.07, 6.45) is 0. The molecule has 2 heteroatoms. The minimum Gasteiger partial charge on any atom is -0.388 e. The van der Waals surface area contributed by atoms with Gasteiger partial charge in [0.2, 0.25) is 0 Å². The summed E-state index contributed by atoms with van der Waals surface area (Å²) in [6, 6.07) is 18.9. The average Bonchev–Trinajstić information content (AvgIpc) is 2.82. The van der Waals surface area contributed by atoms with Crippen LogP contribution in [-0.4, -0.2) is 12.0 Å². The Morgan fingerprint density at radius 1 is 0.941 bits per heavy atom. The molecule has 0 amide bonds. The number of aromatic nitrogens is 1. The first kappa shape index (κ1) is 9.97. The maximum absolute atomic E-state index is 3.43. The van der Waals surface area contributed by atoms with Crippen LogP contribution in [0.15, 0.2) is 54.6 Å². The predicted molar refractivity (Wildman–Crippen MR) is 73.3 cm³/mol. The zero-order valence-corrected chi connectivity index (χ0v) is 9.70. The second kappa shape index (κ2) is 3.98. The highest BCUT2D eigenvalue weighted by Gasteiger charge is 2.02. The van der Waals surface area contributed by atoms with E-state index in [-0.39, 0.29) is 0 Å². The maximum Gasteiger partial charge on any atom is 0.0464 e. The highest BCUT2D eigenvalue weighted by molar-refractivity contribution is 5.85. The van der Waals surface area contributed by atoms with Crippen molar-refractivity contribution in [1.82, 2.24) is 4.98 Å². The number of hydrogen-bond acceptors (Lipinski definition) is 1. The molecule has 2 aromatic carbocycles. The summed E-state index contributed by atoms with van der Waals surface area (Å²) in [6.45, 7) is 0. The van der Waals surface area contributed by atoms with Crippen molar-refractivity contribution in [2.45, 2.75) is 0 Å². The van der Waals surface area contributed by atoms with Crippen LogP contribution in [-0.2, 0) is 0 Å². The highest BCUT2D eigenvalue weighted by Crippen LogP contribution is 2.24. The first-order valence-corrected chi connectivity index (χ1v) is 5.73. The molecule has 2 N–H and O–H groups in total. The van der Waals surface area contributed by atoms with Gasteiger partial charge >= 0.3 is 0 Å². The van der Waals surface area contributed by atoms with Crippen LogP contribution in [0.3, 0.4) is 0 Å². The molecule has 0 aliphatic rings. The van der Waals surface area contributed by atoms with Gasteiger partial charge in [-0.05, 0) is 29.8 Å². The number of nitrogens with one attached hydrogen (secondary N) is 2. The van der Waals surface area contributed by atoms with Crippen molar-refractivity contribution in [1.29, 1.82) is 0 Å². The molecule has 0 unspecified atom stereocenters. The van der Waals surface area contributed by atoms with Gasteiger partial charge in [0, 0.05) is 29.3 Å². The van der Waals surface area contributed by atoms with Gasteiger partial charge in [-0.3, -0.25) is 0 Å². The number of fused-ring (bicyclic) bond motifs is 1. The molecule has 0 saturated heterocycles. The van der Waals surface area contributed by atoms with E-state index in [0.717, 1.165) is 11.4 Å². The van der Waals surface area contributed by atoms with Crippen LogP contribution in [0.2, 0.25) is 0 Å². The Hall–Kier alpha value is -2.22. The van der Waals surface area contributed by atoms with Crippen LogP contribution in [0, 0.1) is 0 Å². The van der Waals surface area contributed by atoms with E-state index in [2.05, 4.69) is 58.8 Å². The summed E-state index contributed by atoms with van der Waals surface area (Å²) >= 11 is 0. The van der Waals surface area contributed by atoms with Crippen molar-refractivity contribution < 1.29 is 0 Å². The summed E-state index contributed by atoms with van der Waals surface area (Å²) in [7, 11) is 1.93. The Kier molecular flexibility index (Phi) is 2.33. The second-order valence-corrected chi connectivity index (χ2v) is 4.10. The molecule has 3 aromatic rings. The third kappa shape index (κ3) is 1.78. The lowest BCUT2D eigenvalue weighted by atomic mass is 10.1. The summed E-state index contributed by atoms with van der Waals surface area (Å²) in [5.74, 6) is 0. The number of benzene rings is 2. The molecular formula is C15H14N2. The summed E-state index contributed by atoms with van der Waals surface area (Å²) in [5.41, 5.74) is 4.68. The van der Waals surface area contributed by atoms with Crippen LogP contribution < -0.4 is 5.32 Å². The van der Waals surface area contributed by atoms with Gasteiger partial charge in [-0.2, -0.15) is 0 Å². The third-order valence-electron chi connectivity index (χ3n) is 3.01. The Balaban J connectivity index is 2.07. The van der Waals surface area contributed by atoms with Crippen molar-refractivity contribution in [3.8, 4) is 11.3 Å². The Labute approximate surface area is 100 Å². The number of hydrogen-bond donors (Lipinski definition) is 2. The number of para-hydroxylation sites is 1. The molecule has 0 radical (unpaired) electrons. The van der Waals surface area contributed by atoms with E-state index in [9.17, 15) is 0 Å². The van der Waals surface area contributed by atoms with Crippen molar-refractivity contribution in [3.05, 3.63) is 54.6 Å². The SMILES string of the molecule is CNc1ccc(-c2cc3ccccc3[nH]2)cc1. The van der Waals surface area contributed by atoms with Gasteiger partial charge in [0.05, 0.1) is 0 Å². The molecule has 0 bridgehead atoms. The lowest BCUT2D eigenvalue weighted by molar-refractivity contribution is 1.44. The average molecular weight is 222 g/mol. The molecule has 0 fully saturated rings. The lowest BCUT2D eigenvalue weighted by Gasteiger charge is -2.01. The van der Waals surface area contributed by atoms with E-state index < -0.39 is 0 Å². The second-order valence-electron chi connectivity index (χ2n) is 4.10. The molecule has 84 valence electrons. The maximum atomic E-state index is 3.43. The molecule has 3 rings (SSSR count). The van der Waals surface area contributed by atoms with Gasteiger partial charge in [-0.15, -0.1) is 0 Å². The molecular weight excluding hydrogens is 208 g/mol. The van der Waals surface area contributed by atoms with E-state index >= 15 is 0 Å². The first-order chi connectivity index (χ1) is 8.36. The van der Waals surface area contributed by atoms with Crippen LogP contribution >= 0.6 is 0 Å². The van der Waals surface area contributed by atoms with Crippen LogP contribution in [0.4, 0.5) is 5.69 Å². The van der Waals surface area contributed by atoms with E-state index in [1.165, 1.54) is 16.5 Å². The van der Waals surface area contributed by atoms with Gasteiger partial charge < -0.3 is 10.3 Å². The monoisotopic (exact) mass is 222 g/mol. The molecule has 1 aromatic heterocycles. The largest absolute Gasteiger partial charge is 0.388 e. The van der Waals surface area contributed by atoms with E-state index in [0.29, 0.717) is 0 Å². The highest BCUT2D eigenvalue weighted by atomic mass is 14.8. The Bertz CT molecular complexity index is 602. The van der Waals surface area contributed by atoms with Crippen molar-refractivity contribution in [3.63, 3.8) is 0 Å². The fourth-order valence-electron chi connectivity index (χ4n) is 2.05. The molecule has 0 atom stereocenters. The van der Waals surface area contributed by atoms with Crippen molar-refractivity contribution >= 4 is 16.6 Å². The fourth-order valence-corrected chi connectivity index (χ4v) is 2.05. The quantitative estimate of drug-likeness (QED) is 0.676. The summed E-state index contributed by atoms with van der Waals surface area (Å²) < 4.78 is 0. The standard InChI is InChI=1S/C15H14N2/c1-16-13-8-6-11(7-9-13)15-10-12-4-2-3-5-14(12)17-15/h2-10,16-17H,1H3. The minimum absolute atomic E-state index is 1.13. The number of aromatic amines is 1. The van der Waals surface area contributed by atoms with E-state index in [1.54, 1.807) is 0 Å². The van der Waals surface area contributed by atoms with Gasteiger partial charge in [-0.1, -0.05) is 30.3 Å². The predicted octanol–water partition coefficient (Wildman–Crippen LogP) is 3.88. The molecule has 0 spiro atoms. The zero-order valence-electron chi connectivity index (χ0n) is 9.70. The number of rotatable bonds is 2. The summed E-state index contributed by atoms with van der Waals surface area (Å²) in [4.78, 5) is 3.43. The van der Waals surface area contributed by atoms with Crippen molar-refractivity contribution in [2.75, 3.05) is 12.4 Å². The van der Waals surface area contributed by atoms with Gasteiger partial charge in [0.1, 0.15) is 0 Å². The van der Waals surface area contributed by atoms with E-state index in [4.69, 9.17) is 0 Å². The smallest absolute Gasteiger partial charge is 0.0464 e. The molecule has 0 aliphatic carbocycles. The normalized spacial score (nSPS) is 10.6. The van der Waals surface area contributed by atoms with Crippen LogP contribution in [0.25, 0.3) is 22.2 Å². The molecule has 17 heavy (non-hydrogen) atoms. The lowest BCUT2D eigenvalue weighted by Crippen LogP contribution is -1.86. The van der Waals surface area contributed by atoms with Gasteiger partial charge in [0.25, 0.3) is 0 Å².